The van der Waals surface area contributed by atoms with Crippen molar-refractivity contribution in [2.24, 2.45) is 0 Å². The van der Waals surface area contributed by atoms with Crippen LogP contribution in [0.4, 0.5) is 0 Å². The fourth-order valence-electron chi connectivity index (χ4n) is 3.26. The summed E-state index contributed by atoms with van der Waals surface area (Å²) in [6.45, 7) is 2.78. The maximum absolute atomic E-state index is 12.6. The molecule has 2 rings (SSSR count). The van der Waals surface area contributed by atoms with E-state index in [9.17, 15) is 4.79 Å². The minimum Gasteiger partial charge on any atom is -0.339 e. The zero-order valence-corrected chi connectivity index (χ0v) is 13.7. The molecular formula is C18H26ClNO. The lowest BCUT2D eigenvalue weighted by Crippen LogP contribution is -2.42. The summed E-state index contributed by atoms with van der Waals surface area (Å²) < 4.78 is 0. The Bertz CT molecular complexity index is 454. The van der Waals surface area contributed by atoms with E-state index in [-0.39, 0.29) is 5.91 Å². The second-order valence-corrected chi connectivity index (χ2v) is 6.43. The molecule has 1 aromatic carbocycles. The largest absolute Gasteiger partial charge is 0.339 e. The van der Waals surface area contributed by atoms with E-state index in [1.54, 1.807) is 0 Å². The van der Waals surface area contributed by atoms with Crippen LogP contribution in [0.25, 0.3) is 0 Å². The first kappa shape index (κ1) is 16.4. The predicted octanol–water partition coefficient (Wildman–Crippen LogP) is 4.33. The SMILES string of the molecule is Cc1cccc(CCC(=O)N(CCCl)C2CCCCC2)c1. The van der Waals surface area contributed by atoms with E-state index < -0.39 is 0 Å². The van der Waals surface area contributed by atoms with E-state index in [0.717, 1.165) is 19.3 Å². The number of benzene rings is 1. The van der Waals surface area contributed by atoms with Crippen molar-refractivity contribution in [3.05, 3.63) is 35.4 Å². The van der Waals surface area contributed by atoms with Crippen molar-refractivity contribution in [1.29, 1.82) is 0 Å². The van der Waals surface area contributed by atoms with Crippen molar-refractivity contribution in [3.8, 4) is 0 Å². The first-order valence-corrected chi connectivity index (χ1v) is 8.65. The number of amides is 1. The molecule has 1 amide bonds. The molecule has 0 aromatic heterocycles. The van der Waals surface area contributed by atoms with Crippen molar-refractivity contribution in [1.82, 2.24) is 4.90 Å². The van der Waals surface area contributed by atoms with Crippen LogP contribution in [0.1, 0.15) is 49.7 Å². The second kappa shape index (κ2) is 8.43. The number of rotatable bonds is 6. The third kappa shape index (κ3) is 5.03. The number of carbonyl (C=O) groups excluding carboxylic acids is 1. The average Bonchev–Trinajstić information content (AvgIpc) is 2.51. The molecule has 0 N–H and O–H groups in total. The molecule has 0 saturated heterocycles. The Morgan fingerprint density at radius 2 is 2.05 bits per heavy atom. The first-order valence-electron chi connectivity index (χ1n) is 8.11. The van der Waals surface area contributed by atoms with Crippen LogP contribution in [0.2, 0.25) is 0 Å². The van der Waals surface area contributed by atoms with Gasteiger partial charge >= 0.3 is 0 Å². The molecule has 0 atom stereocenters. The molecule has 1 aromatic rings. The fraction of sp³-hybridized carbons (Fsp3) is 0.611. The molecule has 0 radical (unpaired) electrons. The summed E-state index contributed by atoms with van der Waals surface area (Å²) in [5.74, 6) is 0.802. The van der Waals surface area contributed by atoms with E-state index >= 15 is 0 Å². The maximum atomic E-state index is 12.6. The van der Waals surface area contributed by atoms with Gasteiger partial charge in [0.1, 0.15) is 0 Å². The van der Waals surface area contributed by atoms with Gasteiger partial charge in [-0.05, 0) is 31.7 Å². The van der Waals surface area contributed by atoms with Gasteiger partial charge in [-0.3, -0.25) is 4.79 Å². The normalized spacial score (nSPS) is 15.9. The minimum atomic E-state index is 0.268. The van der Waals surface area contributed by atoms with E-state index in [0.29, 0.717) is 24.9 Å². The lowest BCUT2D eigenvalue weighted by molar-refractivity contribution is -0.133. The van der Waals surface area contributed by atoms with Crippen molar-refractivity contribution in [3.63, 3.8) is 0 Å². The first-order chi connectivity index (χ1) is 10.2. The van der Waals surface area contributed by atoms with E-state index in [4.69, 9.17) is 11.6 Å². The van der Waals surface area contributed by atoms with Crippen molar-refractivity contribution in [2.45, 2.75) is 57.9 Å². The van der Waals surface area contributed by atoms with Gasteiger partial charge in [0.15, 0.2) is 0 Å². The van der Waals surface area contributed by atoms with Gasteiger partial charge in [0.05, 0.1) is 0 Å². The van der Waals surface area contributed by atoms with Crippen LogP contribution in [0.3, 0.4) is 0 Å². The second-order valence-electron chi connectivity index (χ2n) is 6.06. The predicted molar refractivity (Wildman–Crippen MR) is 88.8 cm³/mol. The number of carbonyl (C=O) groups is 1. The Hall–Kier alpha value is -1.02. The summed E-state index contributed by atoms with van der Waals surface area (Å²) >= 11 is 5.90. The highest BCUT2D eigenvalue weighted by Crippen LogP contribution is 2.23. The number of hydrogen-bond acceptors (Lipinski definition) is 1. The van der Waals surface area contributed by atoms with Crippen LogP contribution < -0.4 is 0 Å². The van der Waals surface area contributed by atoms with E-state index in [2.05, 4.69) is 31.2 Å². The van der Waals surface area contributed by atoms with Gasteiger partial charge in [0.25, 0.3) is 0 Å². The van der Waals surface area contributed by atoms with Gasteiger partial charge < -0.3 is 4.90 Å². The highest BCUT2D eigenvalue weighted by Gasteiger charge is 2.24. The Morgan fingerprint density at radius 3 is 2.71 bits per heavy atom. The summed E-state index contributed by atoms with van der Waals surface area (Å²) in [5, 5.41) is 0. The monoisotopic (exact) mass is 307 g/mol. The molecule has 0 heterocycles. The van der Waals surface area contributed by atoms with Crippen LogP contribution in [0, 0.1) is 6.92 Å². The molecule has 116 valence electrons. The molecule has 0 aliphatic heterocycles. The molecule has 1 aliphatic rings. The van der Waals surface area contributed by atoms with Gasteiger partial charge in [-0.25, -0.2) is 0 Å². The lowest BCUT2D eigenvalue weighted by Gasteiger charge is -2.34. The summed E-state index contributed by atoms with van der Waals surface area (Å²) in [6, 6.07) is 8.84. The molecule has 0 spiro atoms. The summed E-state index contributed by atoms with van der Waals surface area (Å²) in [5.41, 5.74) is 2.50. The zero-order valence-electron chi connectivity index (χ0n) is 13.0. The summed E-state index contributed by atoms with van der Waals surface area (Å²) in [7, 11) is 0. The Labute approximate surface area is 133 Å². The Morgan fingerprint density at radius 1 is 1.29 bits per heavy atom. The third-order valence-corrected chi connectivity index (χ3v) is 4.54. The number of halogens is 1. The van der Waals surface area contributed by atoms with Gasteiger partial charge in [-0.15, -0.1) is 11.6 Å². The topological polar surface area (TPSA) is 20.3 Å². The van der Waals surface area contributed by atoms with Crippen LogP contribution in [-0.2, 0) is 11.2 Å². The zero-order chi connectivity index (χ0) is 15.1. The van der Waals surface area contributed by atoms with Crippen LogP contribution >= 0.6 is 11.6 Å². The molecule has 1 fully saturated rings. The average molecular weight is 308 g/mol. The van der Waals surface area contributed by atoms with E-state index in [1.165, 1.54) is 30.4 Å². The Balaban J connectivity index is 1.91. The molecule has 1 saturated carbocycles. The quantitative estimate of drug-likeness (QED) is 0.716. The molecule has 0 bridgehead atoms. The minimum absolute atomic E-state index is 0.268. The number of aryl methyl sites for hydroxylation is 2. The smallest absolute Gasteiger partial charge is 0.223 e. The van der Waals surface area contributed by atoms with Gasteiger partial charge in [0.2, 0.25) is 5.91 Å². The van der Waals surface area contributed by atoms with Crippen LogP contribution in [-0.4, -0.2) is 29.3 Å². The lowest BCUT2D eigenvalue weighted by atomic mass is 9.93. The van der Waals surface area contributed by atoms with E-state index in [1.807, 2.05) is 4.90 Å². The van der Waals surface area contributed by atoms with Crippen molar-refractivity contribution in [2.75, 3.05) is 12.4 Å². The Kier molecular flexibility index (Phi) is 6.56. The molecule has 1 aliphatic carbocycles. The number of hydrogen-bond donors (Lipinski definition) is 0. The van der Waals surface area contributed by atoms with Crippen molar-refractivity contribution < 1.29 is 4.79 Å². The summed E-state index contributed by atoms with van der Waals surface area (Å²) in [6.07, 6.45) is 7.51. The molecule has 0 unspecified atom stereocenters. The molecular weight excluding hydrogens is 282 g/mol. The standard InChI is InChI=1S/C18H26ClNO/c1-15-6-5-7-16(14-15)10-11-18(21)20(13-12-19)17-8-3-2-4-9-17/h5-7,14,17H,2-4,8-13H2,1H3. The third-order valence-electron chi connectivity index (χ3n) is 4.37. The maximum Gasteiger partial charge on any atom is 0.223 e. The summed E-state index contributed by atoms with van der Waals surface area (Å²) in [4.78, 5) is 14.6. The fourth-order valence-corrected chi connectivity index (χ4v) is 3.44. The number of alkyl halides is 1. The highest BCUT2D eigenvalue weighted by molar-refractivity contribution is 6.18. The molecule has 21 heavy (non-hydrogen) atoms. The van der Waals surface area contributed by atoms with Gasteiger partial charge in [-0.1, -0.05) is 49.1 Å². The van der Waals surface area contributed by atoms with Gasteiger partial charge in [0, 0.05) is 24.9 Å². The van der Waals surface area contributed by atoms with Gasteiger partial charge in [-0.2, -0.15) is 0 Å². The van der Waals surface area contributed by atoms with Crippen LogP contribution in [0.5, 0.6) is 0 Å². The number of nitrogens with zero attached hydrogens (tertiary/aromatic N) is 1. The molecule has 2 nitrogen and oxygen atoms in total. The van der Waals surface area contributed by atoms with Crippen molar-refractivity contribution >= 4 is 17.5 Å². The molecule has 3 heteroatoms. The highest BCUT2D eigenvalue weighted by atomic mass is 35.5. The van der Waals surface area contributed by atoms with Crippen LogP contribution in [0.15, 0.2) is 24.3 Å².